The van der Waals surface area contributed by atoms with Gasteiger partial charge in [0, 0.05) is 0 Å². The van der Waals surface area contributed by atoms with E-state index in [4.69, 9.17) is 0 Å². The number of allylic oxidation sites excluding steroid dienone is 4. The summed E-state index contributed by atoms with van der Waals surface area (Å²) in [4.78, 5) is 16.4. The summed E-state index contributed by atoms with van der Waals surface area (Å²) in [6, 6.07) is 6.44. The second-order valence-electron chi connectivity index (χ2n) is 5.57. The highest BCUT2D eigenvalue weighted by Crippen LogP contribution is 2.34. The number of aromatic hydroxyl groups is 1. The summed E-state index contributed by atoms with van der Waals surface area (Å²) >= 11 is 0. The van der Waals surface area contributed by atoms with Crippen LogP contribution in [0.2, 0.25) is 12.6 Å². The molecule has 1 aromatic carbocycles. The number of hydrogen-bond donors (Lipinski definition) is 1. The molecular weight excluding hydrogens is 266 g/mol. The molecule has 0 amide bonds. The SMILES string of the molecule is CCC[Si]1(C)C2=CC(=O)C=CC2=Nc2ccc(O)cc21. The van der Waals surface area contributed by atoms with Crippen molar-refractivity contribution in [2.75, 3.05) is 0 Å². The predicted octanol–water partition coefficient (Wildman–Crippen LogP) is 2.78. The summed E-state index contributed by atoms with van der Waals surface area (Å²) in [5.41, 5.74) is 1.86. The molecule has 0 bridgehead atoms. The molecule has 1 N–H and O–H groups in total. The van der Waals surface area contributed by atoms with Crippen LogP contribution in [0.5, 0.6) is 5.75 Å². The van der Waals surface area contributed by atoms with Gasteiger partial charge in [-0.1, -0.05) is 19.9 Å². The maximum atomic E-state index is 11.7. The predicted molar refractivity (Wildman–Crippen MR) is 83.8 cm³/mol. The average molecular weight is 283 g/mol. The van der Waals surface area contributed by atoms with Crippen LogP contribution in [0.1, 0.15) is 13.3 Å². The molecule has 1 aliphatic heterocycles. The van der Waals surface area contributed by atoms with Gasteiger partial charge in [0.2, 0.25) is 0 Å². The van der Waals surface area contributed by atoms with Crippen LogP contribution in [-0.2, 0) is 4.79 Å². The lowest BCUT2D eigenvalue weighted by molar-refractivity contribution is -0.110. The monoisotopic (exact) mass is 283 g/mol. The number of nitrogens with zero attached hydrogens (tertiary/aromatic N) is 1. The van der Waals surface area contributed by atoms with Gasteiger partial charge in [-0.25, -0.2) is 4.99 Å². The minimum absolute atomic E-state index is 0.0392. The molecule has 1 unspecified atom stereocenters. The highest BCUT2D eigenvalue weighted by molar-refractivity contribution is 7.02. The van der Waals surface area contributed by atoms with Crippen molar-refractivity contribution >= 4 is 30.4 Å². The molecular formula is C16H17NO2Si. The quantitative estimate of drug-likeness (QED) is 0.670. The van der Waals surface area contributed by atoms with Crippen molar-refractivity contribution in [2.45, 2.75) is 25.9 Å². The van der Waals surface area contributed by atoms with Crippen molar-refractivity contribution in [3.05, 3.63) is 41.6 Å². The topological polar surface area (TPSA) is 49.7 Å². The van der Waals surface area contributed by atoms with Gasteiger partial charge in [0.05, 0.1) is 11.4 Å². The fraction of sp³-hybridized carbons (Fsp3) is 0.250. The third kappa shape index (κ3) is 1.88. The van der Waals surface area contributed by atoms with Crippen LogP contribution in [0.25, 0.3) is 0 Å². The highest BCUT2D eigenvalue weighted by atomic mass is 28.3. The first-order valence-electron chi connectivity index (χ1n) is 6.91. The van der Waals surface area contributed by atoms with Crippen molar-refractivity contribution in [3.8, 4) is 5.75 Å². The molecule has 1 heterocycles. The second kappa shape index (κ2) is 4.56. The Morgan fingerprint density at radius 1 is 1.30 bits per heavy atom. The maximum absolute atomic E-state index is 11.7. The number of carbonyl (C=O) groups excluding carboxylic acids is 1. The van der Waals surface area contributed by atoms with Gasteiger partial charge in [-0.15, -0.1) is 0 Å². The molecule has 102 valence electrons. The van der Waals surface area contributed by atoms with Crippen LogP contribution < -0.4 is 5.19 Å². The van der Waals surface area contributed by atoms with Gasteiger partial charge in [0.1, 0.15) is 13.8 Å². The molecule has 1 aliphatic carbocycles. The average Bonchev–Trinajstić information content (AvgIpc) is 2.42. The molecule has 0 saturated carbocycles. The molecule has 3 rings (SSSR count). The number of aliphatic imine (C=N–C) groups is 1. The van der Waals surface area contributed by atoms with E-state index in [1.165, 1.54) is 0 Å². The fourth-order valence-electron chi connectivity index (χ4n) is 3.16. The Morgan fingerprint density at radius 2 is 2.10 bits per heavy atom. The van der Waals surface area contributed by atoms with Crippen molar-refractivity contribution < 1.29 is 9.90 Å². The Morgan fingerprint density at radius 3 is 2.85 bits per heavy atom. The Kier molecular flexibility index (Phi) is 2.98. The molecule has 4 heteroatoms. The number of hydrogen-bond acceptors (Lipinski definition) is 3. The standard InChI is InChI=1S/C16H17NO2Si/c1-3-8-20(2)15-9-11(18)4-6-13(15)17-14-7-5-12(19)10-16(14)20/h4-7,9-10,18H,3,8H2,1-2H3. The van der Waals surface area contributed by atoms with Crippen molar-refractivity contribution in [2.24, 2.45) is 4.99 Å². The zero-order chi connectivity index (χ0) is 14.3. The van der Waals surface area contributed by atoms with E-state index in [0.717, 1.165) is 34.2 Å². The third-order valence-corrected chi connectivity index (χ3v) is 8.81. The van der Waals surface area contributed by atoms with Gasteiger partial charge >= 0.3 is 0 Å². The Hall–Kier alpha value is -1.94. The number of rotatable bonds is 2. The number of ketones is 1. The van der Waals surface area contributed by atoms with E-state index >= 15 is 0 Å². The summed E-state index contributed by atoms with van der Waals surface area (Å²) < 4.78 is 0. The second-order valence-corrected chi connectivity index (χ2v) is 9.82. The summed E-state index contributed by atoms with van der Waals surface area (Å²) in [7, 11) is -1.99. The summed E-state index contributed by atoms with van der Waals surface area (Å²) in [6.45, 7) is 4.43. The van der Waals surface area contributed by atoms with Gasteiger partial charge in [0.25, 0.3) is 0 Å². The van der Waals surface area contributed by atoms with E-state index < -0.39 is 8.07 Å². The van der Waals surface area contributed by atoms with Crippen molar-refractivity contribution in [3.63, 3.8) is 0 Å². The molecule has 3 nitrogen and oxygen atoms in total. The first kappa shape index (κ1) is 13.1. The Bertz CT molecular complexity index is 688. The Balaban J connectivity index is 2.28. The van der Waals surface area contributed by atoms with E-state index in [2.05, 4.69) is 18.5 Å². The molecule has 0 spiro atoms. The number of fused-ring (bicyclic) bond motifs is 2. The van der Waals surface area contributed by atoms with Gasteiger partial charge in [-0.2, -0.15) is 0 Å². The molecule has 2 aliphatic rings. The molecule has 1 aromatic rings. The summed E-state index contributed by atoms with van der Waals surface area (Å²) in [6.07, 6.45) is 6.21. The number of phenolic OH excluding ortho intramolecular Hbond substituents is 1. The first-order valence-corrected chi connectivity index (χ1v) is 9.62. The fourth-order valence-corrected chi connectivity index (χ4v) is 7.33. The van der Waals surface area contributed by atoms with Gasteiger partial charge < -0.3 is 5.11 Å². The van der Waals surface area contributed by atoms with Crippen LogP contribution >= 0.6 is 0 Å². The smallest absolute Gasteiger partial charge is 0.178 e. The lowest BCUT2D eigenvalue weighted by Crippen LogP contribution is -2.51. The lowest BCUT2D eigenvalue weighted by Gasteiger charge is -2.36. The van der Waals surface area contributed by atoms with Crippen molar-refractivity contribution in [1.82, 2.24) is 0 Å². The third-order valence-electron chi connectivity index (χ3n) is 4.13. The molecule has 0 radical (unpaired) electrons. The molecule has 0 fully saturated rings. The molecule has 1 atom stereocenters. The summed E-state index contributed by atoms with van der Waals surface area (Å²) in [5, 5.41) is 12.0. The van der Waals surface area contributed by atoms with Crippen molar-refractivity contribution in [1.29, 1.82) is 0 Å². The van der Waals surface area contributed by atoms with E-state index in [0.29, 0.717) is 0 Å². The minimum Gasteiger partial charge on any atom is -0.508 e. The van der Waals surface area contributed by atoms with Crippen LogP contribution in [0.15, 0.2) is 46.6 Å². The zero-order valence-corrected chi connectivity index (χ0v) is 12.7. The largest absolute Gasteiger partial charge is 0.508 e. The summed E-state index contributed by atoms with van der Waals surface area (Å²) in [5.74, 6) is 0.313. The van der Waals surface area contributed by atoms with Gasteiger partial charge in [-0.05, 0) is 52.9 Å². The first-order chi connectivity index (χ1) is 9.54. The van der Waals surface area contributed by atoms with E-state index in [9.17, 15) is 9.90 Å². The molecule has 0 saturated heterocycles. The van der Waals surface area contributed by atoms with Crippen LogP contribution in [0.3, 0.4) is 0 Å². The molecule has 20 heavy (non-hydrogen) atoms. The maximum Gasteiger partial charge on any atom is 0.178 e. The Labute approximate surface area is 119 Å². The zero-order valence-electron chi connectivity index (χ0n) is 11.7. The molecule has 0 aromatic heterocycles. The van der Waals surface area contributed by atoms with Gasteiger partial charge in [0.15, 0.2) is 5.78 Å². The van der Waals surface area contributed by atoms with Crippen LogP contribution in [0, 0.1) is 0 Å². The van der Waals surface area contributed by atoms with Crippen LogP contribution in [0.4, 0.5) is 5.69 Å². The van der Waals surface area contributed by atoms with E-state index in [-0.39, 0.29) is 11.5 Å². The minimum atomic E-state index is -1.99. The lowest BCUT2D eigenvalue weighted by atomic mass is 10.1. The number of phenols is 1. The van der Waals surface area contributed by atoms with E-state index in [1.807, 2.05) is 18.2 Å². The normalized spacial score (nSPS) is 23.8. The highest BCUT2D eigenvalue weighted by Gasteiger charge is 2.40. The number of carbonyl (C=O) groups is 1. The van der Waals surface area contributed by atoms with Gasteiger partial charge in [-0.3, -0.25) is 4.79 Å². The van der Waals surface area contributed by atoms with Crippen LogP contribution in [-0.4, -0.2) is 24.7 Å². The number of benzene rings is 1. The van der Waals surface area contributed by atoms with E-state index in [1.54, 1.807) is 18.2 Å².